The Morgan fingerprint density at radius 2 is 1.90 bits per heavy atom. The quantitative estimate of drug-likeness (QED) is 0.665. The lowest BCUT2D eigenvalue weighted by atomic mass is 10.1. The maximum atomic E-state index is 5.83. The number of hydrogen-bond acceptors (Lipinski definition) is 3. The lowest BCUT2D eigenvalue weighted by Crippen LogP contribution is -1.95. The highest BCUT2D eigenvalue weighted by Gasteiger charge is 2.10. The Bertz CT molecular complexity index is 740. The minimum absolute atomic E-state index is 0.515. The average molecular weight is 391 g/mol. The monoisotopic (exact) mass is 391 g/mol. The van der Waals surface area contributed by atoms with Crippen LogP contribution in [0.5, 0.6) is 5.75 Å². The molecule has 0 radical (unpaired) electrons. The molecule has 3 rings (SSSR count). The number of nitrogens with one attached hydrogen (secondary N) is 1. The molecule has 1 heterocycles. The summed E-state index contributed by atoms with van der Waals surface area (Å²) < 4.78 is 6.76. The number of aromatic nitrogens is 2. The lowest BCUT2D eigenvalue weighted by molar-refractivity contribution is 0.306. The summed E-state index contributed by atoms with van der Waals surface area (Å²) in [6.07, 6.45) is 0. The zero-order chi connectivity index (χ0) is 14.7. The first kappa shape index (κ1) is 13.9. The summed E-state index contributed by atoms with van der Waals surface area (Å²) in [5.74, 6) is 1.33. The van der Waals surface area contributed by atoms with Crippen molar-refractivity contribution in [1.82, 2.24) is 10.2 Å². The van der Waals surface area contributed by atoms with Gasteiger partial charge in [-0.25, -0.2) is 0 Å². The number of nitrogens with two attached hydrogens (primary N) is 1. The van der Waals surface area contributed by atoms with Gasteiger partial charge in [0, 0.05) is 5.56 Å². The fraction of sp³-hybridized carbons (Fsp3) is 0.0625. The molecule has 0 saturated heterocycles. The van der Waals surface area contributed by atoms with Crippen LogP contribution in [-0.2, 0) is 6.61 Å². The zero-order valence-corrected chi connectivity index (χ0v) is 13.4. The topological polar surface area (TPSA) is 63.9 Å². The van der Waals surface area contributed by atoms with Gasteiger partial charge in [-0.1, -0.05) is 42.5 Å². The summed E-state index contributed by atoms with van der Waals surface area (Å²) in [7, 11) is 0. The summed E-state index contributed by atoms with van der Waals surface area (Å²) in [6, 6.07) is 18.0. The first-order valence-corrected chi connectivity index (χ1v) is 7.58. The molecule has 0 atom stereocenters. The molecule has 2 aromatic carbocycles. The fourth-order valence-corrected chi connectivity index (χ4v) is 2.57. The van der Waals surface area contributed by atoms with Crippen LogP contribution in [-0.4, -0.2) is 10.2 Å². The number of benzene rings is 2. The molecule has 0 aliphatic heterocycles. The molecule has 3 N–H and O–H groups in total. The van der Waals surface area contributed by atoms with E-state index in [0.29, 0.717) is 12.4 Å². The van der Waals surface area contributed by atoms with E-state index >= 15 is 0 Å². The van der Waals surface area contributed by atoms with Gasteiger partial charge < -0.3 is 10.5 Å². The first-order chi connectivity index (χ1) is 10.2. The number of ether oxygens (including phenoxy) is 1. The Balaban J connectivity index is 1.79. The van der Waals surface area contributed by atoms with Crippen molar-refractivity contribution >= 4 is 28.4 Å². The summed E-state index contributed by atoms with van der Waals surface area (Å²) in [4.78, 5) is 0. The van der Waals surface area contributed by atoms with Gasteiger partial charge in [-0.05, 0) is 40.3 Å². The molecule has 0 saturated carbocycles. The molecule has 106 valence electrons. The van der Waals surface area contributed by atoms with Gasteiger partial charge in [0.1, 0.15) is 12.4 Å². The second-order valence-corrected chi connectivity index (χ2v) is 5.68. The summed E-state index contributed by atoms with van der Waals surface area (Å²) in [5.41, 5.74) is 8.84. The van der Waals surface area contributed by atoms with Crippen molar-refractivity contribution in [3.8, 4) is 17.0 Å². The Morgan fingerprint density at radius 1 is 1.10 bits per heavy atom. The third-order valence-electron chi connectivity index (χ3n) is 3.10. The van der Waals surface area contributed by atoms with E-state index in [2.05, 4.69) is 32.8 Å². The molecule has 0 fully saturated rings. The van der Waals surface area contributed by atoms with Crippen LogP contribution >= 0.6 is 22.6 Å². The average Bonchev–Trinajstić information content (AvgIpc) is 2.86. The molecule has 0 amide bonds. The van der Waals surface area contributed by atoms with Crippen LogP contribution in [0.3, 0.4) is 0 Å². The Kier molecular flexibility index (Phi) is 4.10. The Labute approximate surface area is 136 Å². The molecule has 0 aliphatic rings. The number of H-pyrrole nitrogens is 1. The Hall–Kier alpha value is -2.02. The van der Waals surface area contributed by atoms with Gasteiger partial charge in [0.05, 0.1) is 9.26 Å². The molecule has 0 unspecified atom stereocenters. The number of anilines is 1. The maximum absolute atomic E-state index is 5.83. The largest absolute Gasteiger partial charge is 0.489 e. The van der Waals surface area contributed by atoms with Gasteiger partial charge in [0.25, 0.3) is 0 Å². The van der Waals surface area contributed by atoms with Gasteiger partial charge in [-0.3, -0.25) is 5.10 Å². The van der Waals surface area contributed by atoms with E-state index in [1.165, 1.54) is 0 Å². The van der Waals surface area contributed by atoms with Crippen molar-refractivity contribution in [1.29, 1.82) is 0 Å². The highest BCUT2D eigenvalue weighted by atomic mass is 127. The van der Waals surface area contributed by atoms with Crippen LogP contribution in [0.25, 0.3) is 11.3 Å². The fourth-order valence-electron chi connectivity index (χ4n) is 2.02. The SMILES string of the molecule is Nc1n[nH]c(-c2cccc(OCc3ccccc3)c2)c1I. The highest BCUT2D eigenvalue weighted by Crippen LogP contribution is 2.29. The molecule has 5 heteroatoms. The molecular formula is C16H14IN3O. The van der Waals surface area contributed by atoms with Crippen molar-refractivity contribution in [3.05, 3.63) is 63.7 Å². The smallest absolute Gasteiger partial charge is 0.159 e. The highest BCUT2D eigenvalue weighted by molar-refractivity contribution is 14.1. The Morgan fingerprint density at radius 3 is 2.62 bits per heavy atom. The van der Waals surface area contributed by atoms with Gasteiger partial charge in [0.15, 0.2) is 5.82 Å². The molecule has 4 nitrogen and oxygen atoms in total. The standard InChI is InChI=1S/C16H14IN3O/c17-14-15(19-20-16(14)18)12-7-4-8-13(9-12)21-10-11-5-2-1-3-6-11/h1-9H,10H2,(H3,18,19,20). The first-order valence-electron chi connectivity index (χ1n) is 6.50. The van der Waals surface area contributed by atoms with E-state index in [4.69, 9.17) is 10.5 Å². The van der Waals surface area contributed by atoms with Crippen molar-refractivity contribution in [3.63, 3.8) is 0 Å². The van der Waals surface area contributed by atoms with E-state index in [1.54, 1.807) is 0 Å². The summed E-state index contributed by atoms with van der Waals surface area (Å²) in [6.45, 7) is 0.548. The van der Waals surface area contributed by atoms with E-state index in [-0.39, 0.29) is 0 Å². The molecule has 0 spiro atoms. The van der Waals surface area contributed by atoms with Crippen LogP contribution in [0.1, 0.15) is 5.56 Å². The number of aromatic amines is 1. The molecule has 21 heavy (non-hydrogen) atoms. The normalized spacial score (nSPS) is 10.5. The van der Waals surface area contributed by atoms with Crippen LogP contribution < -0.4 is 10.5 Å². The molecular weight excluding hydrogens is 377 g/mol. The zero-order valence-electron chi connectivity index (χ0n) is 11.2. The van der Waals surface area contributed by atoms with Crippen LogP contribution in [0, 0.1) is 3.57 Å². The molecule has 0 bridgehead atoms. The van der Waals surface area contributed by atoms with Gasteiger partial charge in [-0.2, -0.15) is 5.10 Å². The van der Waals surface area contributed by atoms with E-state index in [9.17, 15) is 0 Å². The van der Waals surface area contributed by atoms with E-state index in [0.717, 1.165) is 26.1 Å². The molecule has 0 aliphatic carbocycles. The van der Waals surface area contributed by atoms with Crippen molar-refractivity contribution in [2.45, 2.75) is 6.61 Å². The number of nitrogen functional groups attached to an aromatic ring is 1. The third-order valence-corrected chi connectivity index (χ3v) is 4.20. The number of nitrogens with zero attached hydrogens (tertiary/aromatic N) is 1. The van der Waals surface area contributed by atoms with Gasteiger partial charge in [-0.15, -0.1) is 0 Å². The van der Waals surface area contributed by atoms with Gasteiger partial charge >= 0.3 is 0 Å². The van der Waals surface area contributed by atoms with E-state index < -0.39 is 0 Å². The summed E-state index contributed by atoms with van der Waals surface area (Å²) in [5, 5.41) is 6.97. The van der Waals surface area contributed by atoms with E-state index in [1.807, 2.05) is 54.6 Å². The molecule has 3 aromatic rings. The minimum Gasteiger partial charge on any atom is -0.489 e. The van der Waals surface area contributed by atoms with Crippen LogP contribution in [0.15, 0.2) is 54.6 Å². The lowest BCUT2D eigenvalue weighted by Gasteiger charge is -2.08. The number of rotatable bonds is 4. The maximum Gasteiger partial charge on any atom is 0.159 e. The van der Waals surface area contributed by atoms with Crippen molar-refractivity contribution in [2.75, 3.05) is 5.73 Å². The van der Waals surface area contributed by atoms with Crippen molar-refractivity contribution in [2.24, 2.45) is 0 Å². The van der Waals surface area contributed by atoms with Crippen LogP contribution in [0.2, 0.25) is 0 Å². The van der Waals surface area contributed by atoms with Gasteiger partial charge in [0.2, 0.25) is 0 Å². The number of hydrogen-bond donors (Lipinski definition) is 2. The predicted octanol–water partition coefficient (Wildman–Crippen LogP) is 3.84. The number of halogens is 1. The van der Waals surface area contributed by atoms with Crippen LogP contribution in [0.4, 0.5) is 5.82 Å². The predicted molar refractivity (Wildman–Crippen MR) is 91.9 cm³/mol. The molecule has 1 aromatic heterocycles. The third kappa shape index (κ3) is 3.18. The minimum atomic E-state index is 0.515. The van der Waals surface area contributed by atoms with Crippen molar-refractivity contribution < 1.29 is 4.74 Å². The second-order valence-electron chi connectivity index (χ2n) is 4.60. The summed E-state index contributed by atoms with van der Waals surface area (Å²) >= 11 is 2.19. The second kappa shape index (κ2) is 6.17.